The molecule has 0 saturated heterocycles. The smallest absolute Gasteiger partial charge is 0.220 e. The van der Waals surface area contributed by atoms with Gasteiger partial charge in [-0.05, 0) is 0 Å². The van der Waals surface area contributed by atoms with Crippen molar-refractivity contribution < 1.29 is 57.1 Å². The van der Waals surface area contributed by atoms with Crippen molar-refractivity contribution in [1.82, 2.24) is 4.90 Å². The van der Waals surface area contributed by atoms with Gasteiger partial charge in [-0.3, -0.25) is 0 Å². The summed E-state index contributed by atoms with van der Waals surface area (Å²) in [5, 5.41) is 0. The predicted molar refractivity (Wildman–Crippen MR) is 34.7 cm³/mol. The van der Waals surface area contributed by atoms with E-state index in [1.807, 2.05) is 0 Å². The molecule has 14 heteroatoms. The first-order valence-electron chi connectivity index (χ1n) is 4.08. The summed E-state index contributed by atoms with van der Waals surface area (Å²) in [6.07, 6.45) is -31.3. The highest BCUT2D eigenvalue weighted by Crippen LogP contribution is 2.46. The fourth-order valence-electron chi connectivity index (χ4n) is 0.861. The molecule has 20 heavy (non-hydrogen) atoms. The molecule has 0 aromatic rings. The molecule has 122 valence electrons. The van der Waals surface area contributed by atoms with Crippen LogP contribution in [-0.2, 0) is 0 Å². The van der Waals surface area contributed by atoms with Crippen LogP contribution in [0.4, 0.5) is 57.1 Å². The van der Waals surface area contributed by atoms with E-state index in [4.69, 9.17) is 0 Å². The summed E-state index contributed by atoms with van der Waals surface area (Å²) in [6, 6.07) is -7.04. The first-order valence-corrected chi connectivity index (χ1v) is 4.08. The lowest BCUT2D eigenvalue weighted by atomic mass is 10.3. The Morgan fingerprint density at radius 3 is 0.950 bits per heavy atom. The second-order valence-corrected chi connectivity index (χ2v) is 3.20. The average Bonchev–Trinajstić information content (AvgIpc) is 2.12. The van der Waals surface area contributed by atoms with Gasteiger partial charge in [0, 0.05) is 0 Å². The quantitative estimate of drug-likeness (QED) is 0.553. The van der Waals surface area contributed by atoms with E-state index in [0.29, 0.717) is 0 Å². The minimum Gasteiger partial charge on any atom is -0.220 e. The summed E-state index contributed by atoms with van der Waals surface area (Å²) in [5.74, 6) is 0. The topological polar surface area (TPSA) is 3.24 Å². The molecule has 0 saturated carbocycles. The third kappa shape index (κ3) is 3.79. The van der Waals surface area contributed by atoms with Crippen LogP contribution in [0.1, 0.15) is 0 Å². The molecule has 0 spiro atoms. The zero-order valence-corrected chi connectivity index (χ0v) is 8.52. The lowest BCUT2D eigenvalue weighted by molar-refractivity contribution is -0.411. The Morgan fingerprint density at radius 2 is 0.800 bits per heavy atom. The fourth-order valence-corrected chi connectivity index (χ4v) is 0.861. The number of rotatable bonds is 3. The molecule has 0 fully saturated rings. The van der Waals surface area contributed by atoms with Crippen molar-refractivity contribution in [3.05, 3.63) is 0 Å². The van der Waals surface area contributed by atoms with Gasteiger partial charge in [-0.1, -0.05) is 0 Å². The Morgan fingerprint density at radius 1 is 0.550 bits per heavy atom. The monoisotopic (exact) mass is 335 g/mol. The summed E-state index contributed by atoms with van der Waals surface area (Å²) in [5.41, 5.74) is 0. The lowest BCUT2D eigenvalue weighted by Crippen LogP contribution is -2.64. The van der Waals surface area contributed by atoms with Gasteiger partial charge in [0.25, 0.3) is 12.6 Å². The van der Waals surface area contributed by atoms with Crippen LogP contribution in [-0.4, -0.2) is 42.1 Å². The largest absolute Gasteiger partial charge is 0.469 e. The summed E-state index contributed by atoms with van der Waals surface area (Å²) < 4.78 is 155. The standard InChI is InChI=1S/C6H2F13N/c7-1(3(9,10)11)20(2(8)4(12,13)14)6(18,19)5(15,16)17/h1-2H. The van der Waals surface area contributed by atoms with Crippen LogP contribution in [0.5, 0.6) is 0 Å². The van der Waals surface area contributed by atoms with Crippen LogP contribution in [0.2, 0.25) is 0 Å². The Labute approximate surface area is 100 Å². The van der Waals surface area contributed by atoms with E-state index in [2.05, 4.69) is 0 Å². The molecule has 1 nitrogen and oxygen atoms in total. The Kier molecular flexibility index (Phi) is 4.87. The number of halogens is 13. The summed E-state index contributed by atoms with van der Waals surface area (Å²) in [6.45, 7) is 0. The van der Waals surface area contributed by atoms with Crippen molar-refractivity contribution in [2.24, 2.45) is 0 Å². The highest BCUT2D eigenvalue weighted by Gasteiger charge is 2.71. The molecular formula is C6H2F13N. The van der Waals surface area contributed by atoms with Gasteiger partial charge in [0.2, 0.25) is 0 Å². The van der Waals surface area contributed by atoms with Crippen molar-refractivity contribution in [3.63, 3.8) is 0 Å². The normalized spacial score (nSPS) is 18.3. The van der Waals surface area contributed by atoms with Crippen molar-refractivity contribution in [2.75, 3.05) is 0 Å². The summed E-state index contributed by atoms with van der Waals surface area (Å²) >= 11 is 0. The van der Waals surface area contributed by atoms with E-state index in [1.165, 1.54) is 0 Å². The number of alkyl halides is 13. The van der Waals surface area contributed by atoms with E-state index in [-0.39, 0.29) is 0 Å². The molecule has 2 unspecified atom stereocenters. The molecule has 0 amide bonds. The van der Waals surface area contributed by atoms with Crippen molar-refractivity contribution in [1.29, 1.82) is 0 Å². The van der Waals surface area contributed by atoms with Gasteiger partial charge in [-0.15, -0.1) is 0 Å². The maximum atomic E-state index is 12.5. The number of hydrogen-bond acceptors (Lipinski definition) is 1. The van der Waals surface area contributed by atoms with Crippen molar-refractivity contribution >= 4 is 0 Å². The number of hydrogen-bond donors (Lipinski definition) is 0. The molecule has 0 heterocycles. The molecule has 2 atom stereocenters. The lowest BCUT2D eigenvalue weighted by Gasteiger charge is -2.37. The van der Waals surface area contributed by atoms with Crippen LogP contribution in [0.25, 0.3) is 0 Å². The van der Waals surface area contributed by atoms with Crippen LogP contribution in [0.3, 0.4) is 0 Å². The van der Waals surface area contributed by atoms with Crippen LogP contribution in [0.15, 0.2) is 0 Å². The van der Waals surface area contributed by atoms with Gasteiger partial charge in [0.1, 0.15) is 0 Å². The van der Waals surface area contributed by atoms with Crippen molar-refractivity contribution in [2.45, 2.75) is 37.2 Å². The summed E-state index contributed by atoms with van der Waals surface area (Å²) in [7, 11) is 0. The molecule has 0 aliphatic rings. The second kappa shape index (κ2) is 5.11. The highest BCUT2D eigenvalue weighted by molar-refractivity contribution is 4.86. The molecule has 0 aliphatic carbocycles. The molecule has 0 bridgehead atoms. The molecule has 0 N–H and O–H groups in total. The minimum atomic E-state index is -7.07. The van der Waals surface area contributed by atoms with Gasteiger partial charge in [0.05, 0.1) is 0 Å². The van der Waals surface area contributed by atoms with Crippen LogP contribution < -0.4 is 0 Å². The Hall–Kier alpha value is -0.950. The van der Waals surface area contributed by atoms with E-state index in [9.17, 15) is 57.1 Å². The Balaban J connectivity index is 5.86. The van der Waals surface area contributed by atoms with Gasteiger partial charge in [-0.2, -0.15) is 53.2 Å². The van der Waals surface area contributed by atoms with E-state index in [1.54, 1.807) is 0 Å². The third-order valence-corrected chi connectivity index (χ3v) is 1.69. The highest BCUT2D eigenvalue weighted by atomic mass is 19.4. The molecule has 0 aliphatic heterocycles. The van der Waals surface area contributed by atoms with Crippen molar-refractivity contribution in [3.8, 4) is 0 Å². The molecule has 0 aromatic heterocycles. The van der Waals surface area contributed by atoms with Gasteiger partial charge in [-0.25, -0.2) is 8.78 Å². The molecular weight excluding hydrogens is 333 g/mol. The van der Waals surface area contributed by atoms with E-state index >= 15 is 0 Å². The SMILES string of the molecule is FC(N(C(F)C(F)(F)F)C(F)(F)C(F)(F)F)C(F)(F)F. The van der Waals surface area contributed by atoms with E-state index < -0.39 is 42.1 Å². The first-order chi connectivity index (χ1) is 8.44. The maximum absolute atomic E-state index is 12.5. The molecule has 0 aromatic carbocycles. The second-order valence-electron chi connectivity index (χ2n) is 3.20. The van der Waals surface area contributed by atoms with Gasteiger partial charge < -0.3 is 0 Å². The third-order valence-electron chi connectivity index (χ3n) is 1.69. The zero-order chi connectivity index (χ0) is 16.7. The maximum Gasteiger partial charge on any atom is 0.469 e. The Bertz CT molecular complexity index is 303. The molecule has 0 radical (unpaired) electrons. The molecule has 0 rings (SSSR count). The van der Waals surface area contributed by atoms with Gasteiger partial charge >= 0.3 is 24.6 Å². The predicted octanol–water partition coefficient (Wildman–Crippen LogP) is 4.16. The fraction of sp³-hybridized carbons (Fsp3) is 1.00. The summed E-state index contributed by atoms with van der Waals surface area (Å²) in [4.78, 5) is -3.27. The average molecular weight is 335 g/mol. The first kappa shape index (κ1) is 19.1. The number of nitrogens with zero attached hydrogens (tertiary/aromatic N) is 1. The van der Waals surface area contributed by atoms with E-state index in [0.717, 1.165) is 0 Å². The van der Waals surface area contributed by atoms with Gasteiger partial charge in [0.15, 0.2) is 0 Å². The van der Waals surface area contributed by atoms with Crippen LogP contribution in [0, 0.1) is 0 Å². The minimum absolute atomic E-state index is 3.27. The van der Waals surface area contributed by atoms with Crippen LogP contribution >= 0.6 is 0 Å². The zero-order valence-electron chi connectivity index (χ0n) is 8.52.